The Morgan fingerprint density at radius 2 is 1.69 bits per heavy atom. The Balaban J connectivity index is 1.26. The molecule has 0 atom stereocenters. The second kappa shape index (κ2) is 8.25. The van der Waals surface area contributed by atoms with Crippen molar-refractivity contribution < 1.29 is 0 Å². The number of nitrogens with zero attached hydrogens (tertiary/aromatic N) is 7. The monoisotopic (exact) mass is 351 g/mol. The molecule has 0 radical (unpaired) electrons. The van der Waals surface area contributed by atoms with Crippen molar-refractivity contribution in [2.45, 2.75) is 19.6 Å². The molecule has 0 N–H and O–H groups in total. The zero-order valence-corrected chi connectivity index (χ0v) is 15.0. The molecule has 1 fully saturated rings. The average Bonchev–Trinajstić information content (AvgIpc) is 3.35. The summed E-state index contributed by atoms with van der Waals surface area (Å²) in [6, 6.07) is 10.6. The van der Waals surface area contributed by atoms with Crippen molar-refractivity contribution in [3.8, 4) is 0 Å². The van der Waals surface area contributed by atoms with Crippen molar-refractivity contribution >= 4 is 0 Å². The highest BCUT2D eigenvalue weighted by atomic mass is 15.3. The van der Waals surface area contributed by atoms with E-state index in [0.29, 0.717) is 0 Å². The first-order chi connectivity index (χ1) is 12.9. The zero-order chi connectivity index (χ0) is 17.6. The third-order valence-electron chi connectivity index (χ3n) is 4.94. The molecule has 7 heteroatoms. The molecule has 1 saturated heterocycles. The smallest absolute Gasteiger partial charge is 0.137 e. The predicted molar refractivity (Wildman–Crippen MR) is 99.5 cm³/mol. The SMILES string of the molecule is c1ccc(Cn2ccnc2CN2CCN(CCn3cncn3)CC2)cc1. The lowest BCUT2D eigenvalue weighted by Gasteiger charge is -2.34. The fourth-order valence-electron chi connectivity index (χ4n) is 3.38. The first-order valence-electron chi connectivity index (χ1n) is 9.18. The Morgan fingerprint density at radius 1 is 0.885 bits per heavy atom. The van der Waals surface area contributed by atoms with E-state index in [1.807, 2.05) is 10.9 Å². The predicted octanol–water partition coefficient (Wildman–Crippen LogP) is 1.34. The Bertz CT molecular complexity index is 773. The van der Waals surface area contributed by atoms with Gasteiger partial charge in [0.2, 0.25) is 0 Å². The van der Waals surface area contributed by atoms with Gasteiger partial charge in [0, 0.05) is 51.7 Å². The molecule has 1 aliphatic rings. The van der Waals surface area contributed by atoms with Crippen LogP contribution in [0.2, 0.25) is 0 Å². The van der Waals surface area contributed by atoms with Crippen LogP contribution in [0.1, 0.15) is 11.4 Å². The van der Waals surface area contributed by atoms with Crippen LogP contribution in [0.25, 0.3) is 0 Å². The molecule has 1 aliphatic heterocycles. The standard InChI is InChI=1S/C19H25N7/c1-2-4-18(5-3-1)14-25-7-6-21-19(25)15-24-10-8-23(9-11-24)12-13-26-17-20-16-22-26/h1-7,16-17H,8-15H2. The lowest BCUT2D eigenvalue weighted by Crippen LogP contribution is -2.47. The molecule has 0 bridgehead atoms. The maximum Gasteiger partial charge on any atom is 0.137 e. The largest absolute Gasteiger partial charge is 0.329 e. The van der Waals surface area contributed by atoms with Crippen LogP contribution in [0.15, 0.2) is 55.4 Å². The molecule has 0 saturated carbocycles. The maximum absolute atomic E-state index is 4.58. The van der Waals surface area contributed by atoms with E-state index in [9.17, 15) is 0 Å². The second-order valence-electron chi connectivity index (χ2n) is 6.73. The summed E-state index contributed by atoms with van der Waals surface area (Å²) in [6.45, 7) is 8.07. The fraction of sp³-hybridized carbons (Fsp3) is 0.421. The highest BCUT2D eigenvalue weighted by Gasteiger charge is 2.18. The van der Waals surface area contributed by atoms with Crippen molar-refractivity contribution in [3.05, 3.63) is 66.8 Å². The molecular weight excluding hydrogens is 326 g/mol. The summed E-state index contributed by atoms with van der Waals surface area (Å²) in [6.07, 6.45) is 7.36. The molecule has 3 heterocycles. The minimum absolute atomic E-state index is 0.883. The van der Waals surface area contributed by atoms with E-state index in [-0.39, 0.29) is 0 Å². The van der Waals surface area contributed by atoms with Gasteiger partial charge in [-0.3, -0.25) is 14.5 Å². The van der Waals surface area contributed by atoms with Crippen molar-refractivity contribution in [1.82, 2.24) is 34.1 Å². The van der Waals surface area contributed by atoms with Gasteiger partial charge in [-0.15, -0.1) is 0 Å². The number of piperazine rings is 1. The minimum Gasteiger partial charge on any atom is -0.329 e. The van der Waals surface area contributed by atoms with Gasteiger partial charge in [0.1, 0.15) is 18.5 Å². The third-order valence-corrected chi connectivity index (χ3v) is 4.94. The van der Waals surface area contributed by atoms with E-state index in [1.54, 1.807) is 12.7 Å². The summed E-state index contributed by atoms with van der Waals surface area (Å²) in [5, 5.41) is 4.17. The number of hydrogen-bond acceptors (Lipinski definition) is 5. The summed E-state index contributed by atoms with van der Waals surface area (Å²) in [5.74, 6) is 1.14. The molecule has 7 nitrogen and oxygen atoms in total. The molecule has 0 amide bonds. The quantitative estimate of drug-likeness (QED) is 0.643. The topological polar surface area (TPSA) is 55.0 Å². The summed E-state index contributed by atoms with van der Waals surface area (Å²) >= 11 is 0. The molecule has 2 aromatic heterocycles. The summed E-state index contributed by atoms with van der Waals surface area (Å²) in [7, 11) is 0. The van der Waals surface area contributed by atoms with Gasteiger partial charge < -0.3 is 4.57 Å². The second-order valence-corrected chi connectivity index (χ2v) is 6.73. The Hall–Kier alpha value is -2.51. The molecule has 0 aliphatic carbocycles. The van der Waals surface area contributed by atoms with Gasteiger partial charge >= 0.3 is 0 Å². The van der Waals surface area contributed by atoms with E-state index in [4.69, 9.17) is 0 Å². The van der Waals surface area contributed by atoms with E-state index in [1.165, 1.54) is 5.56 Å². The van der Waals surface area contributed by atoms with E-state index < -0.39 is 0 Å². The van der Waals surface area contributed by atoms with Gasteiger partial charge in [-0.25, -0.2) is 9.97 Å². The fourth-order valence-corrected chi connectivity index (χ4v) is 3.38. The van der Waals surface area contributed by atoms with Crippen LogP contribution >= 0.6 is 0 Å². The van der Waals surface area contributed by atoms with Crippen LogP contribution in [0.3, 0.4) is 0 Å². The molecule has 0 unspecified atom stereocenters. The first kappa shape index (κ1) is 16.9. The van der Waals surface area contributed by atoms with Gasteiger partial charge in [-0.05, 0) is 5.56 Å². The summed E-state index contributed by atoms with van der Waals surface area (Å²) < 4.78 is 4.15. The first-order valence-corrected chi connectivity index (χ1v) is 9.18. The molecule has 26 heavy (non-hydrogen) atoms. The average molecular weight is 351 g/mol. The van der Waals surface area contributed by atoms with Gasteiger partial charge in [0.25, 0.3) is 0 Å². The zero-order valence-electron chi connectivity index (χ0n) is 15.0. The normalized spacial score (nSPS) is 16.2. The highest BCUT2D eigenvalue weighted by Crippen LogP contribution is 2.10. The van der Waals surface area contributed by atoms with Crippen LogP contribution in [-0.4, -0.2) is 66.8 Å². The van der Waals surface area contributed by atoms with Crippen LogP contribution in [0, 0.1) is 0 Å². The van der Waals surface area contributed by atoms with Crippen LogP contribution in [-0.2, 0) is 19.6 Å². The van der Waals surface area contributed by atoms with E-state index in [2.05, 4.69) is 66.0 Å². The maximum atomic E-state index is 4.58. The van der Waals surface area contributed by atoms with Crippen LogP contribution in [0.4, 0.5) is 0 Å². The van der Waals surface area contributed by atoms with Gasteiger partial charge in [-0.1, -0.05) is 30.3 Å². The summed E-state index contributed by atoms with van der Waals surface area (Å²) in [4.78, 5) is 13.6. The highest BCUT2D eigenvalue weighted by molar-refractivity contribution is 5.15. The molecular formula is C19H25N7. The van der Waals surface area contributed by atoms with E-state index in [0.717, 1.165) is 58.2 Å². The van der Waals surface area contributed by atoms with Gasteiger partial charge in [0.15, 0.2) is 0 Å². The number of benzene rings is 1. The number of rotatable bonds is 7. The lowest BCUT2D eigenvalue weighted by molar-refractivity contribution is 0.120. The van der Waals surface area contributed by atoms with Crippen molar-refractivity contribution in [2.75, 3.05) is 32.7 Å². The summed E-state index contributed by atoms with van der Waals surface area (Å²) in [5.41, 5.74) is 1.31. The molecule has 0 spiro atoms. The molecule has 1 aromatic carbocycles. The number of aromatic nitrogens is 5. The minimum atomic E-state index is 0.883. The van der Waals surface area contributed by atoms with Crippen molar-refractivity contribution in [3.63, 3.8) is 0 Å². The third kappa shape index (κ3) is 4.36. The van der Waals surface area contributed by atoms with Gasteiger partial charge in [-0.2, -0.15) is 5.10 Å². The molecule has 4 rings (SSSR count). The van der Waals surface area contributed by atoms with Crippen LogP contribution in [0.5, 0.6) is 0 Å². The van der Waals surface area contributed by atoms with E-state index >= 15 is 0 Å². The Morgan fingerprint density at radius 3 is 2.46 bits per heavy atom. The number of hydrogen-bond donors (Lipinski definition) is 0. The van der Waals surface area contributed by atoms with Crippen molar-refractivity contribution in [2.24, 2.45) is 0 Å². The Labute approximate surface area is 153 Å². The van der Waals surface area contributed by atoms with Crippen LogP contribution < -0.4 is 0 Å². The van der Waals surface area contributed by atoms with Gasteiger partial charge in [0.05, 0.1) is 13.1 Å². The lowest BCUT2D eigenvalue weighted by atomic mass is 10.2. The van der Waals surface area contributed by atoms with Crippen molar-refractivity contribution in [1.29, 1.82) is 0 Å². The molecule has 136 valence electrons. The number of imidazole rings is 1. The Kier molecular flexibility index (Phi) is 5.37. The molecule has 3 aromatic rings.